The number of nitro benzene ring substituents is 1. The quantitative estimate of drug-likeness (QED) is 0.573. The molecule has 17 heavy (non-hydrogen) atoms. The van der Waals surface area contributed by atoms with E-state index in [4.69, 9.17) is 5.11 Å². The number of carboxylic acids is 1. The molecule has 0 amide bonds. The van der Waals surface area contributed by atoms with Crippen LogP contribution in [0, 0.1) is 10.1 Å². The SMILES string of the molecule is CON[C@@H](CC(=O)O)c1ccc([N+](=O)[O-])cc1. The average molecular weight is 240 g/mol. The van der Waals surface area contributed by atoms with Crippen molar-refractivity contribution in [2.24, 2.45) is 0 Å². The standard InChI is InChI=1S/C10H12N2O5/c1-17-11-9(6-10(13)14)7-2-4-8(5-3-7)12(15)16/h2-5,9,11H,6H2,1H3,(H,13,14)/t9-/m0/s1. The molecule has 7 heteroatoms. The molecule has 1 aromatic rings. The Morgan fingerprint density at radius 3 is 2.53 bits per heavy atom. The molecule has 0 aliphatic carbocycles. The normalized spacial score (nSPS) is 12.1. The van der Waals surface area contributed by atoms with E-state index in [1.807, 2.05) is 0 Å². The van der Waals surface area contributed by atoms with Crippen LogP contribution >= 0.6 is 0 Å². The molecule has 2 N–H and O–H groups in total. The van der Waals surface area contributed by atoms with E-state index in [1.165, 1.54) is 31.4 Å². The number of hydroxylamine groups is 1. The molecule has 1 rings (SSSR count). The van der Waals surface area contributed by atoms with E-state index in [0.29, 0.717) is 5.56 Å². The van der Waals surface area contributed by atoms with Gasteiger partial charge in [0.25, 0.3) is 5.69 Å². The zero-order valence-corrected chi connectivity index (χ0v) is 9.12. The monoisotopic (exact) mass is 240 g/mol. The van der Waals surface area contributed by atoms with Gasteiger partial charge in [0.15, 0.2) is 0 Å². The van der Waals surface area contributed by atoms with Gasteiger partial charge >= 0.3 is 5.97 Å². The number of hydrogen-bond acceptors (Lipinski definition) is 5. The van der Waals surface area contributed by atoms with Crippen molar-refractivity contribution in [3.8, 4) is 0 Å². The van der Waals surface area contributed by atoms with Gasteiger partial charge in [0.2, 0.25) is 0 Å². The Morgan fingerprint density at radius 2 is 2.12 bits per heavy atom. The van der Waals surface area contributed by atoms with Crippen LogP contribution in [0.25, 0.3) is 0 Å². The molecule has 0 aromatic heterocycles. The Labute approximate surface area is 97.1 Å². The van der Waals surface area contributed by atoms with Gasteiger partial charge in [0.05, 0.1) is 24.5 Å². The third kappa shape index (κ3) is 3.82. The van der Waals surface area contributed by atoms with Gasteiger partial charge in [-0.3, -0.25) is 14.9 Å². The fourth-order valence-electron chi connectivity index (χ4n) is 1.37. The number of nitrogens with one attached hydrogen (secondary N) is 1. The first-order valence-corrected chi connectivity index (χ1v) is 4.79. The minimum atomic E-state index is -0.988. The van der Waals surface area contributed by atoms with Gasteiger partial charge in [-0.25, -0.2) is 0 Å². The van der Waals surface area contributed by atoms with Crippen LogP contribution in [-0.4, -0.2) is 23.1 Å². The third-order valence-corrected chi connectivity index (χ3v) is 2.15. The molecule has 0 radical (unpaired) electrons. The van der Waals surface area contributed by atoms with Gasteiger partial charge in [-0.15, -0.1) is 0 Å². The van der Waals surface area contributed by atoms with Gasteiger partial charge in [0.1, 0.15) is 0 Å². The zero-order chi connectivity index (χ0) is 12.8. The maximum Gasteiger partial charge on any atom is 0.305 e. The van der Waals surface area contributed by atoms with Crippen LogP contribution < -0.4 is 5.48 Å². The number of carbonyl (C=O) groups is 1. The number of rotatable bonds is 6. The molecule has 0 spiro atoms. The van der Waals surface area contributed by atoms with E-state index >= 15 is 0 Å². The summed E-state index contributed by atoms with van der Waals surface area (Å²) < 4.78 is 0. The summed E-state index contributed by atoms with van der Waals surface area (Å²) in [5.74, 6) is -0.988. The van der Waals surface area contributed by atoms with Crippen molar-refractivity contribution < 1.29 is 19.7 Å². The highest BCUT2D eigenvalue weighted by Crippen LogP contribution is 2.20. The molecule has 0 fully saturated rings. The van der Waals surface area contributed by atoms with Crippen molar-refractivity contribution in [3.05, 3.63) is 39.9 Å². The Hall–Kier alpha value is -1.99. The van der Waals surface area contributed by atoms with E-state index in [-0.39, 0.29) is 12.1 Å². The van der Waals surface area contributed by atoms with Gasteiger partial charge in [0, 0.05) is 12.1 Å². The van der Waals surface area contributed by atoms with E-state index in [0.717, 1.165) is 0 Å². The van der Waals surface area contributed by atoms with Crippen molar-refractivity contribution in [3.63, 3.8) is 0 Å². The lowest BCUT2D eigenvalue weighted by molar-refractivity contribution is -0.384. The molecular formula is C10H12N2O5. The van der Waals surface area contributed by atoms with Gasteiger partial charge in [-0.05, 0) is 5.56 Å². The smallest absolute Gasteiger partial charge is 0.305 e. The van der Waals surface area contributed by atoms with Crippen LogP contribution in [-0.2, 0) is 9.63 Å². The second-order valence-electron chi connectivity index (χ2n) is 3.32. The summed E-state index contributed by atoms with van der Waals surface area (Å²) in [4.78, 5) is 25.3. The molecule has 0 unspecified atom stereocenters. The maximum atomic E-state index is 10.6. The average Bonchev–Trinajstić information content (AvgIpc) is 2.28. The number of nitro groups is 1. The molecule has 0 aliphatic heterocycles. The van der Waals surface area contributed by atoms with E-state index in [2.05, 4.69) is 10.3 Å². The second kappa shape index (κ2) is 5.92. The van der Waals surface area contributed by atoms with Crippen LogP contribution in [0.15, 0.2) is 24.3 Å². The highest BCUT2D eigenvalue weighted by Gasteiger charge is 2.16. The molecule has 0 aliphatic rings. The number of nitrogens with zero attached hydrogens (tertiary/aromatic N) is 1. The highest BCUT2D eigenvalue weighted by molar-refractivity contribution is 5.67. The summed E-state index contributed by atoms with van der Waals surface area (Å²) in [5.41, 5.74) is 3.10. The Morgan fingerprint density at radius 1 is 1.53 bits per heavy atom. The topological polar surface area (TPSA) is 102 Å². The van der Waals surface area contributed by atoms with E-state index < -0.39 is 16.9 Å². The fraction of sp³-hybridized carbons (Fsp3) is 0.300. The number of carboxylic acid groups (broad SMARTS) is 1. The molecule has 0 saturated carbocycles. The largest absolute Gasteiger partial charge is 0.481 e. The Bertz CT molecular complexity index is 404. The molecular weight excluding hydrogens is 228 g/mol. The number of aliphatic carboxylic acids is 1. The van der Waals surface area contributed by atoms with Gasteiger partial charge in [-0.2, -0.15) is 5.48 Å². The predicted octanol–water partition coefficient (Wildman–Crippen LogP) is 1.26. The lowest BCUT2D eigenvalue weighted by Crippen LogP contribution is -2.22. The lowest BCUT2D eigenvalue weighted by atomic mass is 10.0. The highest BCUT2D eigenvalue weighted by atomic mass is 16.6. The first-order valence-electron chi connectivity index (χ1n) is 4.79. The minimum Gasteiger partial charge on any atom is -0.481 e. The summed E-state index contributed by atoms with van der Waals surface area (Å²) in [6.07, 6.45) is -0.175. The van der Waals surface area contributed by atoms with Gasteiger partial charge in [-0.1, -0.05) is 12.1 Å². The molecule has 0 saturated heterocycles. The minimum absolute atomic E-state index is 0.0414. The number of hydrogen-bond donors (Lipinski definition) is 2. The fourth-order valence-corrected chi connectivity index (χ4v) is 1.37. The maximum absolute atomic E-state index is 10.6. The zero-order valence-electron chi connectivity index (χ0n) is 9.12. The summed E-state index contributed by atoms with van der Waals surface area (Å²) in [6, 6.07) is 5.09. The van der Waals surface area contributed by atoms with Crippen molar-refractivity contribution in [2.75, 3.05) is 7.11 Å². The first kappa shape index (κ1) is 13.1. The lowest BCUT2D eigenvalue weighted by Gasteiger charge is -2.15. The molecule has 0 heterocycles. The molecule has 1 atom stereocenters. The van der Waals surface area contributed by atoms with Crippen LogP contribution in [0.1, 0.15) is 18.0 Å². The molecule has 1 aromatic carbocycles. The van der Waals surface area contributed by atoms with Crippen molar-refractivity contribution >= 4 is 11.7 Å². The Balaban J connectivity index is 2.86. The third-order valence-electron chi connectivity index (χ3n) is 2.15. The van der Waals surface area contributed by atoms with Crippen LogP contribution in [0.4, 0.5) is 5.69 Å². The van der Waals surface area contributed by atoms with Crippen LogP contribution in [0.2, 0.25) is 0 Å². The summed E-state index contributed by atoms with van der Waals surface area (Å²) >= 11 is 0. The van der Waals surface area contributed by atoms with Crippen LogP contribution in [0.3, 0.4) is 0 Å². The predicted molar refractivity (Wildman–Crippen MR) is 58.2 cm³/mol. The number of benzene rings is 1. The van der Waals surface area contributed by atoms with Gasteiger partial charge < -0.3 is 9.94 Å². The molecule has 0 bridgehead atoms. The van der Waals surface area contributed by atoms with Crippen molar-refractivity contribution in [1.29, 1.82) is 0 Å². The Kier molecular flexibility index (Phi) is 4.56. The molecule has 92 valence electrons. The van der Waals surface area contributed by atoms with Crippen molar-refractivity contribution in [1.82, 2.24) is 5.48 Å². The first-order chi connectivity index (χ1) is 8.04. The summed E-state index contributed by atoms with van der Waals surface area (Å²) in [7, 11) is 1.38. The molecule has 7 nitrogen and oxygen atoms in total. The summed E-state index contributed by atoms with van der Waals surface area (Å²) in [6.45, 7) is 0. The van der Waals surface area contributed by atoms with E-state index in [1.54, 1.807) is 0 Å². The number of non-ortho nitro benzene ring substituents is 1. The van der Waals surface area contributed by atoms with Crippen LogP contribution in [0.5, 0.6) is 0 Å². The summed E-state index contributed by atoms with van der Waals surface area (Å²) in [5, 5.41) is 19.2. The van der Waals surface area contributed by atoms with E-state index in [9.17, 15) is 14.9 Å². The van der Waals surface area contributed by atoms with Crippen molar-refractivity contribution in [2.45, 2.75) is 12.5 Å². The second-order valence-corrected chi connectivity index (χ2v) is 3.32.